The lowest BCUT2D eigenvalue weighted by Gasteiger charge is -2.45. The van der Waals surface area contributed by atoms with Gasteiger partial charge in [-0.1, -0.05) is 213 Å². The van der Waals surface area contributed by atoms with Gasteiger partial charge in [-0.05, 0) is 147 Å². The number of benzene rings is 8. The molecule has 0 amide bonds. The molecule has 0 aliphatic heterocycles. The van der Waals surface area contributed by atoms with Crippen molar-refractivity contribution in [3.05, 3.63) is 180 Å². The van der Waals surface area contributed by atoms with E-state index in [1.54, 1.807) is 0 Å². The molecule has 0 fully saturated rings. The van der Waals surface area contributed by atoms with Crippen LogP contribution in [-0.4, -0.2) is 0 Å². The summed E-state index contributed by atoms with van der Waals surface area (Å²) >= 11 is 0. The highest BCUT2D eigenvalue weighted by Crippen LogP contribution is 2.57. The van der Waals surface area contributed by atoms with Crippen LogP contribution < -0.4 is 0 Å². The van der Waals surface area contributed by atoms with E-state index in [9.17, 15) is 0 Å². The van der Waals surface area contributed by atoms with Crippen molar-refractivity contribution in [2.45, 2.75) is 103 Å². The number of fused-ring (bicyclic) bond motifs is 4. The number of hydrogen-bond donors (Lipinski definition) is 0. The third kappa shape index (κ3) is 6.09. The fourth-order valence-corrected chi connectivity index (χ4v) is 11.3. The average Bonchev–Trinajstić information content (AvgIpc) is 3.26. The first-order valence-corrected chi connectivity index (χ1v) is 22.3. The van der Waals surface area contributed by atoms with Crippen LogP contribution >= 0.6 is 0 Å². The van der Waals surface area contributed by atoms with Gasteiger partial charge in [-0.3, -0.25) is 0 Å². The first-order chi connectivity index (χ1) is 28.8. The highest BCUT2D eigenvalue weighted by Gasteiger charge is 2.42. The Labute approximate surface area is 358 Å². The Morgan fingerprint density at radius 1 is 0.283 bits per heavy atom. The van der Waals surface area contributed by atoms with E-state index < -0.39 is 0 Å². The largest absolute Gasteiger partial charge is 0.0622 e. The van der Waals surface area contributed by atoms with E-state index in [2.05, 4.69) is 213 Å². The highest BCUT2D eigenvalue weighted by molar-refractivity contribution is 6.24. The Morgan fingerprint density at radius 3 is 1.22 bits per heavy atom. The van der Waals surface area contributed by atoms with Gasteiger partial charge in [-0.2, -0.15) is 0 Å². The van der Waals surface area contributed by atoms with Crippen molar-refractivity contribution in [2.75, 3.05) is 0 Å². The molecule has 2 aliphatic rings. The van der Waals surface area contributed by atoms with Gasteiger partial charge in [0.1, 0.15) is 0 Å². The molecule has 0 saturated heterocycles. The molecule has 0 N–H and O–H groups in total. The van der Waals surface area contributed by atoms with Crippen LogP contribution in [0.5, 0.6) is 0 Å². The molecule has 10 rings (SSSR count). The van der Waals surface area contributed by atoms with Crippen LogP contribution in [-0.2, 0) is 21.7 Å². The average molecular weight is 779 g/mol. The van der Waals surface area contributed by atoms with Gasteiger partial charge in [0.25, 0.3) is 0 Å². The van der Waals surface area contributed by atoms with Gasteiger partial charge in [-0.25, -0.2) is 0 Å². The summed E-state index contributed by atoms with van der Waals surface area (Å²) in [5, 5.41) is 5.19. The molecular formula is C60H58. The second-order valence-electron chi connectivity index (χ2n) is 20.5. The first-order valence-electron chi connectivity index (χ1n) is 22.3. The molecular weight excluding hydrogens is 721 g/mol. The summed E-state index contributed by atoms with van der Waals surface area (Å²) in [6.07, 6.45) is 4.74. The Morgan fingerprint density at radius 2 is 0.700 bits per heavy atom. The first kappa shape index (κ1) is 38.5. The molecule has 298 valence electrons. The summed E-state index contributed by atoms with van der Waals surface area (Å²) in [5.41, 5.74) is 19.5. The topological polar surface area (TPSA) is 0 Å². The van der Waals surface area contributed by atoms with Crippen molar-refractivity contribution in [1.29, 1.82) is 0 Å². The standard InChI is InChI=1S/C60H58/c1-57(2)34-35-58(3,4)51-38-41(30-33-50(51)57)44-31-32-49(56-55(44)59(5,6)36-37-60(56,7)8)52-45-24-15-17-26-47(45)54(48-27-18-16-25-46(48)52)53-42(39-20-11-9-12-21-39)28-19-29-43(53)40-22-13-10-14-23-40/h9-33,38H,34-37H2,1-8H3. The Kier molecular flexibility index (Phi) is 8.93. The fraction of sp³-hybridized carbons (Fsp3) is 0.267. The number of rotatable bonds is 5. The van der Waals surface area contributed by atoms with Crippen molar-refractivity contribution in [3.63, 3.8) is 0 Å². The van der Waals surface area contributed by atoms with Gasteiger partial charge in [0.05, 0.1) is 0 Å². The van der Waals surface area contributed by atoms with E-state index in [0.717, 1.165) is 12.8 Å². The highest BCUT2D eigenvalue weighted by atomic mass is 14.5. The maximum absolute atomic E-state index is 2.58. The van der Waals surface area contributed by atoms with Crippen molar-refractivity contribution >= 4 is 21.5 Å². The summed E-state index contributed by atoms with van der Waals surface area (Å²) in [5.74, 6) is 0. The third-order valence-corrected chi connectivity index (χ3v) is 14.8. The van der Waals surface area contributed by atoms with Crippen LogP contribution in [0.1, 0.15) is 103 Å². The van der Waals surface area contributed by atoms with E-state index in [4.69, 9.17) is 0 Å². The van der Waals surface area contributed by atoms with Gasteiger partial charge < -0.3 is 0 Å². The Hall–Kier alpha value is -5.72. The molecule has 0 nitrogen and oxygen atoms in total. The lowest BCUT2D eigenvalue weighted by molar-refractivity contribution is 0.331. The van der Waals surface area contributed by atoms with Crippen molar-refractivity contribution in [2.24, 2.45) is 0 Å². The molecule has 0 atom stereocenters. The summed E-state index contributed by atoms with van der Waals surface area (Å²) in [7, 11) is 0. The van der Waals surface area contributed by atoms with Crippen LogP contribution in [0, 0.1) is 0 Å². The van der Waals surface area contributed by atoms with Crippen LogP contribution in [0.25, 0.3) is 77.2 Å². The zero-order valence-electron chi connectivity index (χ0n) is 36.8. The molecule has 8 aromatic carbocycles. The molecule has 0 heteroatoms. The van der Waals surface area contributed by atoms with Gasteiger partial charge in [0.2, 0.25) is 0 Å². The van der Waals surface area contributed by atoms with Crippen molar-refractivity contribution in [3.8, 4) is 55.6 Å². The van der Waals surface area contributed by atoms with Crippen molar-refractivity contribution in [1.82, 2.24) is 0 Å². The molecule has 8 aromatic rings. The maximum atomic E-state index is 2.58. The zero-order chi connectivity index (χ0) is 41.6. The lowest BCUT2D eigenvalue weighted by atomic mass is 9.59. The Bertz CT molecular complexity index is 2840. The molecule has 0 bridgehead atoms. The fourth-order valence-electron chi connectivity index (χ4n) is 11.3. The predicted molar refractivity (Wildman–Crippen MR) is 259 cm³/mol. The van der Waals surface area contributed by atoms with Gasteiger partial charge >= 0.3 is 0 Å². The molecule has 0 saturated carbocycles. The van der Waals surface area contributed by atoms with Crippen LogP contribution in [0.3, 0.4) is 0 Å². The molecule has 0 spiro atoms. The summed E-state index contributed by atoms with van der Waals surface area (Å²) in [6.45, 7) is 19.8. The van der Waals surface area contributed by atoms with E-state index >= 15 is 0 Å². The summed E-state index contributed by atoms with van der Waals surface area (Å²) < 4.78 is 0. The smallest absolute Gasteiger partial charge is 0.00139 e. The van der Waals surface area contributed by atoms with Crippen LogP contribution in [0.15, 0.2) is 158 Å². The van der Waals surface area contributed by atoms with Crippen LogP contribution in [0.2, 0.25) is 0 Å². The van der Waals surface area contributed by atoms with Gasteiger partial charge in [-0.15, -0.1) is 0 Å². The molecule has 0 unspecified atom stereocenters. The quantitative estimate of drug-likeness (QED) is 0.153. The SMILES string of the molecule is CC1(C)CCC(C)(C)c2cc(-c3ccc(-c4c5ccccc5c(-c5c(-c6ccccc6)cccc5-c5ccccc5)c5ccccc45)c4c3C(C)(C)CCC4(C)C)ccc21. The van der Waals surface area contributed by atoms with E-state index in [1.165, 1.54) is 112 Å². The number of hydrogen-bond acceptors (Lipinski definition) is 0. The lowest BCUT2D eigenvalue weighted by Crippen LogP contribution is -2.35. The van der Waals surface area contributed by atoms with Crippen molar-refractivity contribution < 1.29 is 0 Å². The zero-order valence-corrected chi connectivity index (χ0v) is 36.8. The van der Waals surface area contributed by atoms with Gasteiger partial charge in [0.15, 0.2) is 0 Å². The maximum Gasteiger partial charge on any atom is -0.00139 e. The molecule has 0 radical (unpaired) electrons. The van der Waals surface area contributed by atoms with E-state index in [0.29, 0.717) is 0 Å². The van der Waals surface area contributed by atoms with E-state index in [1.807, 2.05) is 0 Å². The third-order valence-electron chi connectivity index (χ3n) is 14.8. The molecule has 0 aromatic heterocycles. The van der Waals surface area contributed by atoms with E-state index in [-0.39, 0.29) is 21.7 Å². The monoisotopic (exact) mass is 778 g/mol. The summed E-state index contributed by atoms with van der Waals surface area (Å²) in [4.78, 5) is 0. The molecule has 60 heavy (non-hydrogen) atoms. The minimum absolute atomic E-state index is 0.00560. The molecule has 0 heterocycles. The van der Waals surface area contributed by atoms with Gasteiger partial charge in [0, 0.05) is 0 Å². The second kappa shape index (κ2) is 13.9. The Balaban J connectivity index is 1.30. The second-order valence-corrected chi connectivity index (χ2v) is 20.5. The molecule has 2 aliphatic carbocycles. The predicted octanol–water partition coefficient (Wildman–Crippen LogP) is 17.0. The minimum Gasteiger partial charge on any atom is -0.0622 e. The summed E-state index contributed by atoms with van der Waals surface area (Å²) in [6, 6.07) is 59.8. The normalized spacial score (nSPS) is 17.3. The minimum atomic E-state index is -0.0209. The van der Waals surface area contributed by atoms with Crippen LogP contribution in [0.4, 0.5) is 0 Å².